The molecule has 0 atom stereocenters. The van der Waals surface area contributed by atoms with Gasteiger partial charge in [-0.1, -0.05) is 6.92 Å². The largest absolute Gasteiger partial charge is 1.00 e. The molecule has 2 aromatic rings. The molecule has 0 N–H and O–H groups in total. The Morgan fingerprint density at radius 3 is 1.41 bits per heavy atom. The van der Waals surface area contributed by atoms with Crippen molar-refractivity contribution in [3.05, 3.63) is 60.2 Å². The molecule has 0 saturated carbocycles. The Morgan fingerprint density at radius 1 is 0.941 bits per heavy atom. The van der Waals surface area contributed by atoms with Gasteiger partial charge in [0.1, 0.15) is 0 Å². The van der Waals surface area contributed by atoms with Crippen LogP contribution in [0.4, 0.5) is 0 Å². The minimum Gasteiger partial charge on any atom is -1.00 e. The van der Waals surface area contributed by atoms with E-state index in [0.717, 1.165) is 0 Å². The van der Waals surface area contributed by atoms with E-state index in [2.05, 4.69) is 32.9 Å². The van der Waals surface area contributed by atoms with Gasteiger partial charge in [-0.15, -0.1) is 0 Å². The quantitative estimate of drug-likeness (QED) is 0.478. The molecule has 0 bridgehead atoms. The summed E-state index contributed by atoms with van der Waals surface area (Å²) in [4.78, 5) is 0. The van der Waals surface area contributed by atoms with Gasteiger partial charge in [0.05, 0.1) is 0 Å². The molecule has 0 amide bonds. The molecule has 0 saturated heterocycles. The molecule has 0 heterocycles. The van der Waals surface area contributed by atoms with Gasteiger partial charge in [0, 0.05) is 0 Å². The predicted octanol–water partition coefficient (Wildman–Crippen LogP) is -2.13. The minimum absolute atomic E-state index is 0. The molecule has 2 aromatic carbocycles. The first-order valence-electron chi connectivity index (χ1n) is 4.99. The Balaban J connectivity index is -0.000000167. The van der Waals surface area contributed by atoms with E-state index < -0.39 is 0 Å². The van der Waals surface area contributed by atoms with Crippen LogP contribution in [0, 0.1) is 6.92 Å². The molecule has 3 heteroatoms. The Morgan fingerprint density at radius 2 is 1.29 bits per heavy atom. The smallest absolute Gasteiger partial charge is 0.0860 e. The summed E-state index contributed by atoms with van der Waals surface area (Å²) < 4.78 is 1.51. The number of hydrogen-bond donors (Lipinski definition) is 0. The molecular formula is C14H18Cl2Zr-2. The average molecular weight is 348 g/mol. The van der Waals surface area contributed by atoms with Crippen molar-refractivity contribution in [2.75, 3.05) is 0 Å². The van der Waals surface area contributed by atoms with Crippen molar-refractivity contribution < 1.29 is 49.0 Å². The van der Waals surface area contributed by atoms with E-state index in [9.17, 15) is 0 Å². The van der Waals surface area contributed by atoms with Gasteiger partial charge in [-0.3, -0.25) is 0 Å². The summed E-state index contributed by atoms with van der Waals surface area (Å²) in [5.41, 5.74) is 1.34. The number of hydrogen-bond acceptors (Lipinski definition) is 0. The Hall–Kier alpha value is 0.0331. The van der Waals surface area contributed by atoms with Crippen molar-refractivity contribution in [2.24, 2.45) is 0 Å². The third kappa shape index (κ3) is 21.8. The minimum atomic E-state index is 0. The second-order valence-corrected chi connectivity index (χ2v) is 5.88. The molecule has 0 spiro atoms. The van der Waals surface area contributed by atoms with Gasteiger partial charge >= 0.3 is 41.3 Å². The first-order valence-corrected chi connectivity index (χ1v) is 6.22. The van der Waals surface area contributed by atoms with Gasteiger partial charge in [-0.25, -0.2) is 24.3 Å². The van der Waals surface area contributed by atoms with Crippen LogP contribution in [0.15, 0.2) is 54.6 Å². The first-order chi connectivity index (χ1) is 7.13. The van der Waals surface area contributed by atoms with Crippen LogP contribution >= 0.6 is 0 Å². The summed E-state index contributed by atoms with van der Waals surface area (Å²) >= 11 is 1.55. The Bertz CT molecular complexity index is 302. The fraction of sp³-hybridized carbons (Fsp3) is 0.214. The summed E-state index contributed by atoms with van der Waals surface area (Å²) in [5, 5.41) is 0. The van der Waals surface area contributed by atoms with Crippen LogP contribution in [0.25, 0.3) is 0 Å². The molecule has 0 aliphatic heterocycles. The van der Waals surface area contributed by atoms with Crippen molar-refractivity contribution in [3.8, 4) is 0 Å². The number of halogens is 2. The topological polar surface area (TPSA) is 0 Å². The third-order valence-electron chi connectivity index (χ3n) is 1.38. The standard InChI is InChI=1S/C6H7.C5H5.C3H6.2ClH.Zr/c1-6-4-2-3-5-6;1-2-4-5-3-1;1-3-2;;;/h2-5H,1H3;1-5H;1-2H3;2*1H;/q2*-1;;;;+2/p-2. The second kappa shape index (κ2) is 16.0. The van der Waals surface area contributed by atoms with Gasteiger partial charge in [0.15, 0.2) is 0 Å². The molecular weight excluding hydrogens is 330 g/mol. The zero-order valence-corrected chi connectivity index (χ0v) is 14.4. The van der Waals surface area contributed by atoms with Gasteiger partial charge in [0.2, 0.25) is 0 Å². The van der Waals surface area contributed by atoms with Gasteiger partial charge in [-0.05, 0) is 0 Å². The van der Waals surface area contributed by atoms with Crippen LogP contribution in [0.3, 0.4) is 0 Å². The Labute approximate surface area is 132 Å². The molecule has 94 valence electrons. The second-order valence-electron chi connectivity index (χ2n) is 3.42. The molecule has 0 aliphatic rings. The van der Waals surface area contributed by atoms with E-state index in [1.807, 2.05) is 42.5 Å². The molecule has 0 nitrogen and oxygen atoms in total. The van der Waals surface area contributed by atoms with Crippen molar-refractivity contribution in [2.45, 2.75) is 20.8 Å². The van der Waals surface area contributed by atoms with Crippen LogP contribution in [0.2, 0.25) is 0 Å². The van der Waals surface area contributed by atoms with Gasteiger partial charge in [0.25, 0.3) is 0 Å². The van der Waals surface area contributed by atoms with Gasteiger partial charge in [-0.2, -0.15) is 35.9 Å². The van der Waals surface area contributed by atoms with E-state index in [1.54, 1.807) is 24.2 Å². The summed E-state index contributed by atoms with van der Waals surface area (Å²) in [7, 11) is 0. The average Bonchev–Trinajstić information content (AvgIpc) is 2.75. The molecule has 0 unspecified atom stereocenters. The maximum atomic E-state index is 2.12. The summed E-state index contributed by atoms with van der Waals surface area (Å²) in [6.07, 6.45) is 0. The van der Waals surface area contributed by atoms with Crippen molar-refractivity contribution in [3.63, 3.8) is 0 Å². The van der Waals surface area contributed by atoms with Gasteiger partial charge < -0.3 is 24.8 Å². The first kappa shape index (κ1) is 22.2. The normalized spacial score (nSPS) is 7.12. The number of aryl methyl sites for hydroxylation is 1. The molecule has 0 aliphatic carbocycles. The third-order valence-corrected chi connectivity index (χ3v) is 1.38. The van der Waals surface area contributed by atoms with Crippen molar-refractivity contribution >= 4 is 3.21 Å². The molecule has 0 fully saturated rings. The van der Waals surface area contributed by atoms with Crippen LogP contribution in [0.5, 0.6) is 0 Å². The maximum Gasteiger partial charge on any atom is -0.0860 e. The van der Waals surface area contributed by atoms with E-state index >= 15 is 0 Å². The van der Waals surface area contributed by atoms with E-state index in [1.165, 1.54) is 8.77 Å². The predicted molar refractivity (Wildman–Crippen MR) is 65.2 cm³/mol. The summed E-state index contributed by atoms with van der Waals surface area (Å²) in [6.45, 7) is 6.33. The maximum absolute atomic E-state index is 2.12. The molecule has 17 heavy (non-hydrogen) atoms. The molecule has 0 radical (unpaired) electrons. The zero-order chi connectivity index (χ0) is 11.5. The molecule has 2 rings (SSSR count). The van der Waals surface area contributed by atoms with Crippen LogP contribution in [-0.4, -0.2) is 3.21 Å². The monoisotopic (exact) mass is 346 g/mol. The fourth-order valence-corrected chi connectivity index (χ4v) is 0.791. The SMILES string of the molecule is C[C](C)=[Zr+2].C[c-]1cccc1.[Cl-].[Cl-].c1cc[cH-]c1. The van der Waals surface area contributed by atoms with E-state index in [-0.39, 0.29) is 24.8 Å². The molecule has 0 aromatic heterocycles. The van der Waals surface area contributed by atoms with E-state index in [0.29, 0.717) is 0 Å². The van der Waals surface area contributed by atoms with Crippen molar-refractivity contribution in [1.29, 1.82) is 0 Å². The summed E-state index contributed by atoms with van der Waals surface area (Å²) in [6, 6.07) is 18.2. The van der Waals surface area contributed by atoms with Crippen LogP contribution < -0.4 is 24.8 Å². The number of rotatable bonds is 0. The summed E-state index contributed by atoms with van der Waals surface area (Å²) in [5.74, 6) is 0. The van der Waals surface area contributed by atoms with Crippen LogP contribution in [0.1, 0.15) is 19.4 Å². The zero-order valence-electron chi connectivity index (χ0n) is 10.5. The Kier molecular flexibility index (Phi) is 21.0. The van der Waals surface area contributed by atoms with Crippen molar-refractivity contribution in [1.82, 2.24) is 0 Å². The fourth-order valence-electron chi connectivity index (χ4n) is 0.791. The van der Waals surface area contributed by atoms with E-state index in [4.69, 9.17) is 0 Å². The van der Waals surface area contributed by atoms with Crippen LogP contribution in [-0.2, 0) is 24.2 Å².